The number of aryl methyl sites for hydroxylation is 1. The Hall–Kier alpha value is -1.16. The molecular weight excluding hydrogens is 234 g/mol. The Morgan fingerprint density at radius 2 is 2.06 bits per heavy atom. The molecule has 0 heterocycles. The molecule has 2 atom stereocenters. The molecular formula is C13H19NO2S. The highest BCUT2D eigenvalue weighted by atomic mass is 32.2. The topological polar surface area (TPSA) is 52.3 Å². The molecule has 0 aliphatic carbocycles. The summed E-state index contributed by atoms with van der Waals surface area (Å²) in [6.45, 7) is 5.90. The van der Waals surface area contributed by atoms with Gasteiger partial charge in [-0.3, -0.25) is 4.79 Å². The third-order valence-corrected chi connectivity index (χ3v) is 4.15. The number of anilines is 1. The Kier molecular flexibility index (Phi) is 4.87. The van der Waals surface area contributed by atoms with Gasteiger partial charge in [0.15, 0.2) is 0 Å². The quantitative estimate of drug-likeness (QED) is 0.509. The van der Waals surface area contributed by atoms with Crippen molar-refractivity contribution in [2.24, 2.45) is 5.92 Å². The summed E-state index contributed by atoms with van der Waals surface area (Å²) in [5.41, 5.74) is 7.83. The number of carbonyl (C=O) groups excluding carboxylic acids is 1. The van der Waals surface area contributed by atoms with Crippen LogP contribution in [0.15, 0.2) is 23.1 Å². The lowest BCUT2D eigenvalue weighted by molar-refractivity contribution is -0.144. The lowest BCUT2D eigenvalue weighted by atomic mass is 10.1. The summed E-state index contributed by atoms with van der Waals surface area (Å²) in [5.74, 6) is -0.332. The molecule has 0 aromatic heterocycles. The van der Waals surface area contributed by atoms with Gasteiger partial charge in [0.2, 0.25) is 0 Å². The number of carbonyl (C=O) groups is 1. The van der Waals surface area contributed by atoms with E-state index < -0.39 is 0 Å². The SMILES string of the molecule is COC(=O)C(C)C(C)Sc1cc(C)ccc1N. The number of nitrogen functional groups attached to an aromatic ring is 1. The maximum atomic E-state index is 11.4. The van der Waals surface area contributed by atoms with Crippen LogP contribution in [-0.4, -0.2) is 18.3 Å². The van der Waals surface area contributed by atoms with Crippen LogP contribution in [-0.2, 0) is 9.53 Å². The highest BCUT2D eigenvalue weighted by molar-refractivity contribution is 8.00. The van der Waals surface area contributed by atoms with Gasteiger partial charge in [0.1, 0.15) is 0 Å². The molecule has 0 saturated heterocycles. The normalized spacial score (nSPS) is 14.1. The Morgan fingerprint density at radius 3 is 2.65 bits per heavy atom. The minimum atomic E-state index is -0.184. The first-order valence-corrected chi connectivity index (χ1v) is 6.44. The van der Waals surface area contributed by atoms with Crippen LogP contribution in [0.1, 0.15) is 19.4 Å². The number of esters is 1. The number of methoxy groups -OCH3 is 1. The molecule has 0 saturated carbocycles. The smallest absolute Gasteiger partial charge is 0.309 e. The number of ether oxygens (including phenoxy) is 1. The minimum absolute atomic E-state index is 0.131. The number of benzene rings is 1. The molecule has 1 rings (SSSR count). The molecule has 0 aliphatic heterocycles. The van der Waals surface area contributed by atoms with E-state index in [2.05, 4.69) is 0 Å². The van der Waals surface area contributed by atoms with Gasteiger partial charge in [-0.15, -0.1) is 11.8 Å². The van der Waals surface area contributed by atoms with E-state index in [1.807, 2.05) is 39.0 Å². The second-order valence-electron chi connectivity index (χ2n) is 4.18. The van der Waals surface area contributed by atoms with Gasteiger partial charge in [-0.1, -0.05) is 19.9 Å². The van der Waals surface area contributed by atoms with E-state index in [4.69, 9.17) is 10.5 Å². The number of hydrogen-bond acceptors (Lipinski definition) is 4. The molecule has 2 N–H and O–H groups in total. The van der Waals surface area contributed by atoms with Crippen molar-refractivity contribution < 1.29 is 9.53 Å². The van der Waals surface area contributed by atoms with Gasteiger partial charge in [-0.05, 0) is 24.6 Å². The first-order valence-electron chi connectivity index (χ1n) is 5.56. The molecule has 1 aromatic rings. The van der Waals surface area contributed by atoms with E-state index >= 15 is 0 Å². The van der Waals surface area contributed by atoms with Crippen LogP contribution in [0.3, 0.4) is 0 Å². The lowest BCUT2D eigenvalue weighted by Gasteiger charge is -2.18. The fourth-order valence-corrected chi connectivity index (χ4v) is 2.60. The number of thioether (sulfide) groups is 1. The summed E-state index contributed by atoms with van der Waals surface area (Å²) in [4.78, 5) is 12.5. The van der Waals surface area contributed by atoms with E-state index in [1.54, 1.807) is 11.8 Å². The van der Waals surface area contributed by atoms with Crippen LogP contribution in [0.25, 0.3) is 0 Å². The van der Waals surface area contributed by atoms with Crippen LogP contribution in [0.2, 0.25) is 0 Å². The van der Waals surface area contributed by atoms with Gasteiger partial charge in [-0.25, -0.2) is 0 Å². The van der Waals surface area contributed by atoms with Crippen LogP contribution in [0.4, 0.5) is 5.69 Å². The summed E-state index contributed by atoms with van der Waals surface area (Å²) in [5, 5.41) is 0.131. The molecule has 1 aromatic carbocycles. The lowest BCUT2D eigenvalue weighted by Crippen LogP contribution is -2.22. The summed E-state index contributed by atoms with van der Waals surface area (Å²) in [6, 6.07) is 5.92. The highest BCUT2D eigenvalue weighted by Gasteiger charge is 2.22. The van der Waals surface area contributed by atoms with Crippen LogP contribution < -0.4 is 5.73 Å². The summed E-state index contributed by atoms with van der Waals surface area (Å²) >= 11 is 1.61. The first kappa shape index (κ1) is 13.9. The average Bonchev–Trinajstić information content (AvgIpc) is 2.31. The highest BCUT2D eigenvalue weighted by Crippen LogP contribution is 2.33. The molecule has 0 fully saturated rings. The van der Waals surface area contributed by atoms with E-state index in [-0.39, 0.29) is 17.1 Å². The molecule has 0 radical (unpaired) electrons. The van der Waals surface area contributed by atoms with Crippen molar-refractivity contribution in [3.8, 4) is 0 Å². The Bertz CT molecular complexity index is 406. The van der Waals surface area contributed by atoms with E-state index in [0.717, 1.165) is 10.6 Å². The second kappa shape index (κ2) is 5.96. The van der Waals surface area contributed by atoms with Gasteiger partial charge in [-0.2, -0.15) is 0 Å². The van der Waals surface area contributed by atoms with E-state index in [1.165, 1.54) is 12.7 Å². The maximum absolute atomic E-state index is 11.4. The van der Waals surface area contributed by atoms with Gasteiger partial charge in [0.25, 0.3) is 0 Å². The summed E-state index contributed by atoms with van der Waals surface area (Å²) in [6.07, 6.45) is 0. The molecule has 0 amide bonds. The summed E-state index contributed by atoms with van der Waals surface area (Å²) in [7, 11) is 1.41. The van der Waals surface area contributed by atoms with Crippen LogP contribution in [0.5, 0.6) is 0 Å². The van der Waals surface area contributed by atoms with Crippen molar-refractivity contribution in [3.63, 3.8) is 0 Å². The predicted octanol–water partition coefficient (Wildman–Crippen LogP) is 2.87. The van der Waals surface area contributed by atoms with Crippen molar-refractivity contribution in [2.75, 3.05) is 12.8 Å². The Balaban J connectivity index is 2.77. The van der Waals surface area contributed by atoms with Gasteiger partial charge < -0.3 is 10.5 Å². The molecule has 17 heavy (non-hydrogen) atoms. The first-order chi connectivity index (χ1) is 7.95. The molecule has 0 bridgehead atoms. The molecule has 4 heteroatoms. The molecule has 2 unspecified atom stereocenters. The van der Waals surface area contributed by atoms with Crippen molar-refractivity contribution in [1.82, 2.24) is 0 Å². The third-order valence-electron chi connectivity index (χ3n) is 2.76. The standard InChI is InChI=1S/C13H19NO2S/c1-8-5-6-11(14)12(7-8)17-10(3)9(2)13(15)16-4/h5-7,9-10H,14H2,1-4H3. The molecule has 0 aliphatic rings. The van der Waals surface area contributed by atoms with Crippen molar-refractivity contribution in [2.45, 2.75) is 30.9 Å². The van der Waals surface area contributed by atoms with Crippen LogP contribution >= 0.6 is 11.8 Å². The fraction of sp³-hybridized carbons (Fsp3) is 0.462. The van der Waals surface area contributed by atoms with Crippen LogP contribution in [0, 0.1) is 12.8 Å². The van der Waals surface area contributed by atoms with Crippen molar-refractivity contribution in [1.29, 1.82) is 0 Å². The number of rotatable bonds is 4. The largest absolute Gasteiger partial charge is 0.469 e. The van der Waals surface area contributed by atoms with E-state index in [0.29, 0.717) is 0 Å². The summed E-state index contributed by atoms with van der Waals surface area (Å²) < 4.78 is 4.74. The van der Waals surface area contributed by atoms with Crippen molar-refractivity contribution in [3.05, 3.63) is 23.8 Å². The minimum Gasteiger partial charge on any atom is -0.469 e. The number of hydrogen-bond donors (Lipinski definition) is 1. The predicted molar refractivity (Wildman–Crippen MR) is 72.1 cm³/mol. The van der Waals surface area contributed by atoms with E-state index in [9.17, 15) is 4.79 Å². The third kappa shape index (κ3) is 3.66. The molecule has 3 nitrogen and oxygen atoms in total. The maximum Gasteiger partial charge on any atom is 0.309 e. The van der Waals surface area contributed by atoms with Gasteiger partial charge >= 0.3 is 5.97 Å². The zero-order valence-corrected chi connectivity index (χ0v) is 11.5. The van der Waals surface area contributed by atoms with Gasteiger partial charge in [0, 0.05) is 15.8 Å². The Labute approximate surface area is 107 Å². The fourth-order valence-electron chi connectivity index (χ4n) is 1.42. The van der Waals surface area contributed by atoms with Gasteiger partial charge in [0.05, 0.1) is 13.0 Å². The monoisotopic (exact) mass is 253 g/mol. The van der Waals surface area contributed by atoms with Crippen molar-refractivity contribution >= 4 is 23.4 Å². The molecule has 0 spiro atoms. The Morgan fingerprint density at radius 1 is 1.41 bits per heavy atom. The zero-order chi connectivity index (χ0) is 13.0. The zero-order valence-electron chi connectivity index (χ0n) is 10.7. The second-order valence-corrected chi connectivity index (χ2v) is 5.60. The average molecular weight is 253 g/mol. The number of nitrogens with two attached hydrogens (primary N) is 1. The molecule has 94 valence electrons.